The number of aryl methyl sites for hydroxylation is 2. The van der Waals surface area contributed by atoms with Crippen LogP contribution in [-0.2, 0) is 24.1 Å². The number of nitrogens with zero attached hydrogens (tertiary/aromatic N) is 2. The van der Waals surface area contributed by atoms with E-state index in [0.29, 0.717) is 11.7 Å². The molecule has 2 fully saturated rings. The summed E-state index contributed by atoms with van der Waals surface area (Å²) in [4.78, 5) is 21.6. The van der Waals surface area contributed by atoms with E-state index in [9.17, 15) is 4.79 Å². The van der Waals surface area contributed by atoms with Gasteiger partial charge >= 0.3 is 0 Å². The van der Waals surface area contributed by atoms with Gasteiger partial charge in [-0.3, -0.25) is 4.79 Å². The quantitative estimate of drug-likeness (QED) is 0.340. The number of fused-ring (bicyclic) bond motifs is 1. The number of hydrogen-bond acceptors (Lipinski definition) is 4. The number of ketones is 1. The van der Waals surface area contributed by atoms with Crippen LogP contribution < -0.4 is 5.32 Å². The van der Waals surface area contributed by atoms with Crippen LogP contribution in [0.4, 0.5) is 0 Å². The van der Waals surface area contributed by atoms with Crippen LogP contribution in [-0.4, -0.2) is 28.8 Å². The summed E-state index contributed by atoms with van der Waals surface area (Å²) in [6, 6.07) is 9.29. The number of hydrogen-bond donors (Lipinski definition) is 1. The van der Waals surface area contributed by atoms with Gasteiger partial charge in [-0.2, -0.15) is 0 Å². The molecule has 1 aromatic carbocycles. The molecule has 4 heteroatoms. The summed E-state index contributed by atoms with van der Waals surface area (Å²) in [7, 11) is 0. The lowest BCUT2D eigenvalue weighted by Gasteiger charge is -2.26. The Morgan fingerprint density at radius 3 is 2.68 bits per heavy atom. The van der Waals surface area contributed by atoms with E-state index < -0.39 is 0 Å². The lowest BCUT2D eigenvalue weighted by Crippen LogP contribution is -2.14. The molecule has 204 valence electrons. The molecule has 3 aliphatic rings. The highest BCUT2D eigenvalue weighted by Gasteiger charge is 2.21. The first-order valence-corrected chi connectivity index (χ1v) is 15.5. The van der Waals surface area contributed by atoms with Gasteiger partial charge in [-0.05, 0) is 106 Å². The Bertz CT molecular complexity index is 1060. The van der Waals surface area contributed by atoms with Crippen molar-refractivity contribution in [3.8, 4) is 0 Å². The lowest BCUT2D eigenvalue weighted by molar-refractivity contribution is -0.119. The van der Waals surface area contributed by atoms with Crippen molar-refractivity contribution in [2.45, 2.75) is 109 Å². The molecule has 0 spiro atoms. The Morgan fingerprint density at radius 1 is 0.974 bits per heavy atom. The lowest BCUT2D eigenvalue weighted by atomic mass is 9.80. The van der Waals surface area contributed by atoms with Crippen LogP contribution >= 0.6 is 0 Å². The smallest absolute Gasteiger partial charge is 0.132 e. The van der Waals surface area contributed by atoms with Crippen molar-refractivity contribution in [1.82, 2.24) is 15.3 Å². The molecule has 1 saturated heterocycles. The largest absolute Gasteiger partial charge is 0.316 e. The average Bonchev–Trinajstić information content (AvgIpc) is 3.44. The second-order valence-corrected chi connectivity index (χ2v) is 12.1. The first-order valence-electron chi connectivity index (χ1n) is 15.5. The first kappa shape index (κ1) is 27.2. The summed E-state index contributed by atoms with van der Waals surface area (Å²) in [5.41, 5.74) is 6.75. The monoisotopic (exact) mass is 513 g/mol. The molecule has 1 saturated carbocycles. The van der Waals surface area contributed by atoms with Crippen molar-refractivity contribution < 1.29 is 4.79 Å². The molecule has 0 radical (unpaired) electrons. The maximum absolute atomic E-state index is 12.4. The Labute approximate surface area is 230 Å². The van der Waals surface area contributed by atoms with Crippen molar-refractivity contribution >= 4 is 11.9 Å². The van der Waals surface area contributed by atoms with Gasteiger partial charge in [0.15, 0.2) is 0 Å². The van der Waals surface area contributed by atoms with Gasteiger partial charge in [0.1, 0.15) is 12.1 Å². The van der Waals surface area contributed by atoms with Crippen LogP contribution in [0.15, 0.2) is 36.7 Å². The van der Waals surface area contributed by atoms with Gasteiger partial charge in [0.05, 0.1) is 11.4 Å². The van der Waals surface area contributed by atoms with E-state index in [-0.39, 0.29) is 0 Å². The molecule has 5 rings (SSSR count). The number of rotatable bonds is 11. The maximum atomic E-state index is 12.4. The Morgan fingerprint density at radius 2 is 1.84 bits per heavy atom. The third-order valence-electron chi connectivity index (χ3n) is 9.27. The van der Waals surface area contributed by atoms with Gasteiger partial charge in [-0.1, -0.05) is 62.1 Å². The molecule has 2 aromatic rings. The molecule has 38 heavy (non-hydrogen) atoms. The summed E-state index contributed by atoms with van der Waals surface area (Å²) in [6.45, 7) is 2.30. The number of allylic oxidation sites excluding steroid dienone is 1. The van der Waals surface area contributed by atoms with Crippen LogP contribution in [0.2, 0.25) is 0 Å². The van der Waals surface area contributed by atoms with E-state index in [1.54, 1.807) is 6.33 Å². The minimum Gasteiger partial charge on any atom is -0.316 e. The molecular weight excluding hydrogens is 466 g/mol. The van der Waals surface area contributed by atoms with Gasteiger partial charge in [0.2, 0.25) is 0 Å². The van der Waals surface area contributed by atoms with Crippen LogP contribution in [0.1, 0.15) is 117 Å². The minimum absolute atomic E-state index is 0.459. The molecular formula is C34H47N3O. The van der Waals surface area contributed by atoms with Gasteiger partial charge < -0.3 is 5.32 Å². The number of benzene rings is 1. The summed E-state index contributed by atoms with van der Waals surface area (Å²) in [6.07, 6.45) is 24.5. The molecule has 1 N–H and O–H groups in total. The van der Waals surface area contributed by atoms with Crippen LogP contribution in [0.25, 0.3) is 6.08 Å². The fraction of sp³-hybridized carbons (Fsp3) is 0.618. The Hall–Kier alpha value is -2.33. The van der Waals surface area contributed by atoms with Crippen molar-refractivity contribution in [3.05, 3.63) is 64.7 Å². The van der Waals surface area contributed by atoms with E-state index >= 15 is 0 Å². The van der Waals surface area contributed by atoms with Gasteiger partial charge in [0, 0.05) is 18.4 Å². The molecule has 4 nitrogen and oxygen atoms in total. The highest BCUT2D eigenvalue weighted by molar-refractivity contribution is 5.78. The van der Waals surface area contributed by atoms with E-state index in [0.717, 1.165) is 76.3 Å². The summed E-state index contributed by atoms with van der Waals surface area (Å²) in [5, 5.41) is 3.43. The summed E-state index contributed by atoms with van der Waals surface area (Å²) < 4.78 is 0. The maximum Gasteiger partial charge on any atom is 0.132 e. The zero-order valence-corrected chi connectivity index (χ0v) is 23.3. The molecule has 1 atom stereocenters. The zero-order valence-electron chi connectivity index (χ0n) is 23.3. The first-order chi connectivity index (χ1) is 18.7. The number of Topliss-reactive ketones (excluding diaryl/α,β-unsaturated/α-hetero) is 1. The Kier molecular flexibility index (Phi) is 10.2. The minimum atomic E-state index is 0.459. The van der Waals surface area contributed by atoms with E-state index in [1.807, 2.05) is 0 Å². The van der Waals surface area contributed by atoms with Gasteiger partial charge in [0.25, 0.3) is 0 Å². The average molecular weight is 514 g/mol. The van der Waals surface area contributed by atoms with Crippen LogP contribution in [0.5, 0.6) is 0 Å². The standard InChI is InChI=1S/C34H47N3O/c38-31(17-7-12-28-20-21-35-24-28)16-6-11-26-8-5-15-30(22-26)29-13-3-9-27(10-4-14-29)23-34-32-18-1-2-19-33(32)36-25-37-34/h1,5,8,15,18,22,25,27-29,35H,2-4,6-7,9-14,16-17,19-21,23-24H2. The molecule has 1 aromatic heterocycles. The predicted octanol–water partition coefficient (Wildman–Crippen LogP) is 7.40. The molecule has 2 aliphatic carbocycles. The highest BCUT2D eigenvalue weighted by Crippen LogP contribution is 2.35. The number of nitrogens with one attached hydrogen (secondary N) is 1. The van der Waals surface area contributed by atoms with Gasteiger partial charge in [-0.15, -0.1) is 0 Å². The number of aromatic nitrogens is 2. The molecule has 2 heterocycles. The van der Waals surface area contributed by atoms with E-state index in [4.69, 9.17) is 4.98 Å². The van der Waals surface area contributed by atoms with Crippen LogP contribution in [0.3, 0.4) is 0 Å². The van der Waals surface area contributed by atoms with E-state index in [2.05, 4.69) is 46.7 Å². The fourth-order valence-corrected chi connectivity index (χ4v) is 7.02. The topological polar surface area (TPSA) is 54.9 Å². The normalized spacial score (nSPS) is 23.5. The summed E-state index contributed by atoms with van der Waals surface area (Å²) in [5.74, 6) is 2.67. The second kappa shape index (κ2) is 14.2. The number of carbonyl (C=O) groups excluding carboxylic acids is 1. The van der Waals surface area contributed by atoms with Crippen molar-refractivity contribution in [1.29, 1.82) is 0 Å². The van der Waals surface area contributed by atoms with Crippen molar-refractivity contribution in [3.63, 3.8) is 0 Å². The third-order valence-corrected chi connectivity index (χ3v) is 9.27. The molecule has 0 amide bonds. The zero-order chi connectivity index (χ0) is 26.0. The SMILES string of the molecule is O=C(CCCc1cccc(C2CCCC(Cc3ncnc4c3C=CCC4)CCC2)c1)CCCC1CCNC1. The second-order valence-electron chi connectivity index (χ2n) is 12.1. The van der Waals surface area contributed by atoms with Crippen molar-refractivity contribution in [2.24, 2.45) is 11.8 Å². The Balaban J connectivity index is 1.05. The molecule has 0 bridgehead atoms. The molecule has 1 aliphatic heterocycles. The highest BCUT2D eigenvalue weighted by atomic mass is 16.1. The van der Waals surface area contributed by atoms with Crippen LogP contribution in [0, 0.1) is 11.8 Å². The summed E-state index contributed by atoms with van der Waals surface area (Å²) >= 11 is 0. The van der Waals surface area contributed by atoms with Gasteiger partial charge in [-0.25, -0.2) is 9.97 Å². The third kappa shape index (κ3) is 7.85. The molecule has 1 unspecified atom stereocenters. The van der Waals surface area contributed by atoms with E-state index in [1.165, 1.54) is 79.4 Å². The predicted molar refractivity (Wildman–Crippen MR) is 156 cm³/mol. The number of carbonyl (C=O) groups is 1. The van der Waals surface area contributed by atoms with Crippen molar-refractivity contribution in [2.75, 3.05) is 13.1 Å². The fourth-order valence-electron chi connectivity index (χ4n) is 7.02.